The Labute approximate surface area is 77.1 Å². The standard InChI is InChI=1S/C7H10BNO2/c1-2-7-5-6(8(10)11)3-4-9-7/h3-5,10-11H,2H2,1H3/i1D3,2D2,3D,4D,5D. The van der Waals surface area contributed by atoms with Crippen molar-refractivity contribution in [1.29, 1.82) is 0 Å². The second-order valence-corrected chi connectivity index (χ2v) is 1.73. The van der Waals surface area contributed by atoms with E-state index in [1.54, 1.807) is 0 Å². The molecule has 0 aromatic carbocycles. The van der Waals surface area contributed by atoms with E-state index >= 15 is 0 Å². The summed E-state index contributed by atoms with van der Waals surface area (Å²) in [5, 5.41) is 18.1. The minimum atomic E-state index is -3.15. The molecular formula is C7H10BNO2. The Bertz CT molecular complexity index is 503. The predicted octanol–water partition coefficient (Wildman–Crippen LogP) is -0.676. The van der Waals surface area contributed by atoms with Crippen LogP contribution < -0.4 is 5.46 Å². The SMILES string of the molecule is [2H]c1nc(C([2H])([2H])C([2H])([2H])[2H])c([2H])c(B(O)O)c1[2H]. The maximum Gasteiger partial charge on any atom is 0.488 e. The van der Waals surface area contributed by atoms with Gasteiger partial charge in [-0.2, -0.15) is 0 Å². The topological polar surface area (TPSA) is 53.4 Å². The van der Waals surface area contributed by atoms with Gasteiger partial charge in [0.25, 0.3) is 0 Å². The molecule has 3 nitrogen and oxygen atoms in total. The summed E-state index contributed by atoms with van der Waals surface area (Å²) in [5.41, 5.74) is -1.67. The number of aromatic nitrogens is 1. The second-order valence-electron chi connectivity index (χ2n) is 1.73. The molecular weight excluding hydrogens is 141 g/mol. The Kier molecular flexibility index (Phi) is 0.819. The third-order valence-corrected chi connectivity index (χ3v) is 0.988. The quantitative estimate of drug-likeness (QED) is 0.562. The van der Waals surface area contributed by atoms with E-state index < -0.39 is 49.8 Å². The first-order chi connectivity index (χ1) is 8.41. The summed E-state index contributed by atoms with van der Waals surface area (Å²) in [4.78, 5) is 3.29. The summed E-state index contributed by atoms with van der Waals surface area (Å²) >= 11 is 0. The molecule has 11 heavy (non-hydrogen) atoms. The Morgan fingerprint density at radius 1 is 1.91 bits per heavy atom. The molecule has 0 bridgehead atoms. The average Bonchev–Trinajstić information content (AvgIpc) is 2.21. The number of hydrogen-bond donors (Lipinski definition) is 2. The minimum Gasteiger partial charge on any atom is -0.423 e. The average molecular weight is 159 g/mol. The van der Waals surface area contributed by atoms with Crippen molar-refractivity contribution in [3.8, 4) is 0 Å². The summed E-state index contributed by atoms with van der Waals surface area (Å²) in [5.74, 6) is 0. The fourth-order valence-electron chi connectivity index (χ4n) is 0.519. The number of aryl methyl sites for hydroxylation is 1. The van der Waals surface area contributed by atoms with E-state index in [1.165, 1.54) is 0 Å². The summed E-state index contributed by atoms with van der Waals surface area (Å²) in [7, 11) is -2.29. The third kappa shape index (κ3) is 2.03. The highest BCUT2D eigenvalue weighted by Crippen LogP contribution is 1.91. The van der Waals surface area contributed by atoms with Crippen LogP contribution in [0.25, 0.3) is 0 Å². The van der Waals surface area contributed by atoms with E-state index in [-0.39, 0.29) is 0 Å². The van der Waals surface area contributed by atoms with Gasteiger partial charge in [0.1, 0.15) is 0 Å². The zero-order chi connectivity index (χ0) is 15.2. The molecule has 0 amide bonds. The number of pyridine rings is 1. The molecule has 1 aromatic heterocycles. The van der Waals surface area contributed by atoms with Crippen LogP contribution in [0.5, 0.6) is 0 Å². The highest BCUT2D eigenvalue weighted by molar-refractivity contribution is 6.58. The van der Waals surface area contributed by atoms with Crippen LogP contribution in [0.4, 0.5) is 0 Å². The van der Waals surface area contributed by atoms with Gasteiger partial charge in [-0.15, -0.1) is 0 Å². The summed E-state index contributed by atoms with van der Waals surface area (Å²) in [6, 6.07) is -1.66. The summed E-state index contributed by atoms with van der Waals surface area (Å²) in [6.07, 6.45) is -3.88. The fourth-order valence-corrected chi connectivity index (χ4v) is 0.519. The largest absolute Gasteiger partial charge is 0.488 e. The molecule has 0 saturated carbocycles. The molecule has 0 spiro atoms. The Morgan fingerprint density at radius 2 is 2.73 bits per heavy atom. The third-order valence-electron chi connectivity index (χ3n) is 0.988. The normalized spacial score (nSPS) is 22.7. The molecule has 2 N–H and O–H groups in total. The fraction of sp³-hybridized carbons (Fsp3) is 0.286. The first-order valence-electron chi connectivity index (χ1n) is 6.75. The zero-order valence-corrected chi connectivity index (χ0v) is 5.42. The van der Waals surface area contributed by atoms with E-state index in [2.05, 4.69) is 4.98 Å². The molecule has 0 radical (unpaired) electrons. The molecule has 0 aliphatic carbocycles. The minimum absolute atomic E-state index is 0.747. The first-order valence-corrected chi connectivity index (χ1v) is 2.75. The van der Waals surface area contributed by atoms with Crippen molar-refractivity contribution in [3.63, 3.8) is 0 Å². The van der Waals surface area contributed by atoms with Crippen molar-refractivity contribution in [2.24, 2.45) is 0 Å². The van der Waals surface area contributed by atoms with E-state index in [1.807, 2.05) is 0 Å². The smallest absolute Gasteiger partial charge is 0.423 e. The van der Waals surface area contributed by atoms with Crippen molar-refractivity contribution in [2.75, 3.05) is 0 Å². The van der Waals surface area contributed by atoms with Crippen molar-refractivity contribution in [3.05, 3.63) is 24.0 Å². The van der Waals surface area contributed by atoms with E-state index in [0.29, 0.717) is 0 Å². The van der Waals surface area contributed by atoms with Gasteiger partial charge in [0.05, 0.1) is 4.11 Å². The van der Waals surface area contributed by atoms with Crippen molar-refractivity contribution in [2.45, 2.75) is 13.2 Å². The van der Waals surface area contributed by atoms with Gasteiger partial charge in [0.2, 0.25) is 0 Å². The Balaban J connectivity index is 3.64. The van der Waals surface area contributed by atoms with Crippen LogP contribution in [0.3, 0.4) is 0 Å². The Hall–Kier alpha value is -0.865. The van der Waals surface area contributed by atoms with Crippen LogP contribution in [0.1, 0.15) is 23.5 Å². The Morgan fingerprint density at radius 3 is 3.36 bits per heavy atom. The predicted molar refractivity (Wildman–Crippen MR) is 43.4 cm³/mol. The highest BCUT2D eigenvalue weighted by Gasteiger charge is 2.10. The number of nitrogens with zero attached hydrogens (tertiary/aromatic N) is 1. The van der Waals surface area contributed by atoms with Crippen LogP contribution in [-0.2, 0) is 6.37 Å². The van der Waals surface area contributed by atoms with E-state index in [9.17, 15) is 0 Å². The lowest BCUT2D eigenvalue weighted by Crippen LogP contribution is -2.30. The van der Waals surface area contributed by atoms with Crippen molar-refractivity contribution >= 4 is 12.6 Å². The molecule has 4 heteroatoms. The van der Waals surface area contributed by atoms with E-state index in [4.69, 9.17) is 21.0 Å². The molecule has 1 aromatic rings. The first kappa shape index (κ1) is 2.57. The lowest BCUT2D eigenvalue weighted by atomic mass is 9.80. The molecule has 0 unspecified atom stereocenters. The molecule has 0 saturated heterocycles. The maximum atomic E-state index is 9.04. The highest BCUT2D eigenvalue weighted by atomic mass is 16.4. The van der Waals surface area contributed by atoms with Gasteiger partial charge in [-0.3, -0.25) is 4.98 Å². The van der Waals surface area contributed by atoms with E-state index in [0.717, 1.165) is 0 Å². The molecule has 1 heterocycles. The molecule has 0 fully saturated rings. The monoisotopic (exact) mass is 159 g/mol. The number of hydrogen-bond acceptors (Lipinski definition) is 3. The van der Waals surface area contributed by atoms with Gasteiger partial charge < -0.3 is 10.0 Å². The molecule has 0 aliphatic rings. The van der Waals surface area contributed by atoms with Gasteiger partial charge >= 0.3 is 7.12 Å². The van der Waals surface area contributed by atoms with Gasteiger partial charge in [-0.25, -0.2) is 0 Å². The van der Waals surface area contributed by atoms with Gasteiger partial charge in [0.15, 0.2) is 0 Å². The van der Waals surface area contributed by atoms with Crippen LogP contribution in [-0.4, -0.2) is 22.2 Å². The van der Waals surface area contributed by atoms with Crippen LogP contribution in [0.2, 0.25) is 0 Å². The molecule has 0 aliphatic heterocycles. The molecule has 0 atom stereocenters. The van der Waals surface area contributed by atoms with Crippen LogP contribution in [0, 0.1) is 0 Å². The van der Waals surface area contributed by atoms with Gasteiger partial charge in [-0.05, 0) is 23.9 Å². The molecule has 1 rings (SSSR count). The van der Waals surface area contributed by atoms with Crippen LogP contribution in [0.15, 0.2) is 18.3 Å². The van der Waals surface area contributed by atoms with Crippen molar-refractivity contribution in [1.82, 2.24) is 4.98 Å². The maximum absolute atomic E-state index is 9.04. The summed E-state index contributed by atoms with van der Waals surface area (Å²) < 4.78 is 58.4. The lowest BCUT2D eigenvalue weighted by Gasteiger charge is -1.99. The van der Waals surface area contributed by atoms with Gasteiger partial charge in [-0.1, -0.05) is 6.85 Å². The molecule has 58 valence electrons. The van der Waals surface area contributed by atoms with Crippen molar-refractivity contribution < 1.29 is 21.0 Å². The second kappa shape index (κ2) is 3.50. The zero-order valence-electron chi connectivity index (χ0n) is 13.4. The summed E-state index contributed by atoms with van der Waals surface area (Å²) in [6.45, 7) is -3.15. The van der Waals surface area contributed by atoms with Crippen LogP contribution >= 0.6 is 0 Å². The number of rotatable bonds is 2. The lowest BCUT2D eigenvalue weighted by molar-refractivity contribution is 0.425. The van der Waals surface area contributed by atoms with Gasteiger partial charge in [0, 0.05) is 18.7 Å².